The number of hydrogen-bond donors (Lipinski definition) is 2. The number of nitrogens with one attached hydrogen (secondary N) is 1. The summed E-state index contributed by atoms with van der Waals surface area (Å²) in [6.45, 7) is 3.45. The van der Waals surface area contributed by atoms with Crippen LogP contribution in [0.5, 0.6) is 0 Å². The van der Waals surface area contributed by atoms with Crippen LogP contribution in [0, 0.1) is 19.3 Å². The summed E-state index contributed by atoms with van der Waals surface area (Å²) in [5, 5.41) is 7.72. The Bertz CT molecular complexity index is 1290. The lowest BCUT2D eigenvalue weighted by molar-refractivity contribution is 0.584. The molecule has 2 aromatic carbocycles. The highest BCUT2D eigenvalue weighted by Gasteiger charge is 2.39. The van der Waals surface area contributed by atoms with Crippen molar-refractivity contribution in [1.82, 2.24) is 0 Å². The third-order valence-corrected chi connectivity index (χ3v) is 10.8. The Labute approximate surface area is 190 Å². The summed E-state index contributed by atoms with van der Waals surface area (Å²) in [7, 11) is -9.03. The van der Waals surface area contributed by atoms with E-state index in [1.807, 2.05) is 0 Å². The molecule has 0 aliphatic heterocycles. The zero-order chi connectivity index (χ0) is 23.0. The summed E-state index contributed by atoms with van der Waals surface area (Å²) in [5.74, 6) is -0.271. The van der Waals surface area contributed by atoms with E-state index < -0.39 is 20.0 Å². The van der Waals surface area contributed by atoms with Crippen molar-refractivity contribution in [3.8, 4) is 0 Å². The minimum Gasteiger partial charge on any atom is -0.383 e. The summed E-state index contributed by atoms with van der Waals surface area (Å²) in [6, 6.07) is 13.5. The van der Waals surface area contributed by atoms with Gasteiger partial charge in [0.05, 0.1) is 24.6 Å². The van der Waals surface area contributed by atoms with E-state index in [-0.39, 0.29) is 26.2 Å². The fraction of sp³-hybridized carbons (Fsp3) is 0.150. The van der Waals surface area contributed by atoms with Crippen LogP contribution in [0.15, 0.2) is 68.6 Å². The fourth-order valence-electron chi connectivity index (χ4n) is 2.90. The maximum absolute atomic E-state index is 13.7. The molecule has 0 radical (unpaired) electrons. The summed E-state index contributed by atoms with van der Waals surface area (Å²) in [5.41, 5.74) is 6.90. The zero-order valence-electron chi connectivity index (χ0n) is 17.0. The van der Waals surface area contributed by atoms with Gasteiger partial charge in [-0.2, -0.15) is 3.71 Å². The van der Waals surface area contributed by atoms with Crippen molar-refractivity contribution < 1.29 is 16.8 Å². The summed E-state index contributed by atoms with van der Waals surface area (Å²) in [4.78, 5) is -0.0130. The van der Waals surface area contributed by atoms with Gasteiger partial charge in [0.25, 0.3) is 20.0 Å². The number of thiophene rings is 1. The average Bonchev–Trinajstić information content (AvgIpc) is 3.11. The molecule has 3 N–H and O–H groups in total. The molecule has 11 heteroatoms. The van der Waals surface area contributed by atoms with Gasteiger partial charge in [-0.3, -0.25) is 5.41 Å². The molecule has 1 heterocycles. The Morgan fingerprint density at radius 2 is 1.42 bits per heavy atom. The maximum Gasteiger partial charge on any atom is 0.277 e. The number of nitrogens with zero attached hydrogens (tertiary/aromatic N) is 1. The van der Waals surface area contributed by atoms with Gasteiger partial charge in [-0.1, -0.05) is 24.3 Å². The third-order valence-electron chi connectivity index (χ3n) is 4.34. The van der Waals surface area contributed by atoms with Gasteiger partial charge < -0.3 is 5.73 Å². The third kappa shape index (κ3) is 4.49. The number of benzene rings is 2. The van der Waals surface area contributed by atoms with Crippen LogP contribution >= 0.6 is 23.1 Å². The van der Waals surface area contributed by atoms with Crippen LogP contribution < -0.4 is 9.44 Å². The first-order valence-corrected chi connectivity index (χ1v) is 13.9. The first-order valence-electron chi connectivity index (χ1n) is 8.94. The molecule has 3 aromatic rings. The molecule has 0 saturated heterocycles. The lowest BCUT2D eigenvalue weighted by Crippen LogP contribution is -2.37. The second kappa shape index (κ2) is 8.65. The Morgan fingerprint density at radius 1 is 0.935 bits per heavy atom. The predicted molar refractivity (Wildman–Crippen MR) is 126 cm³/mol. The van der Waals surface area contributed by atoms with Crippen LogP contribution in [-0.4, -0.2) is 28.9 Å². The van der Waals surface area contributed by atoms with Crippen molar-refractivity contribution in [2.75, 3.05) is 9.97 Å². The largest absolute Gasteiger partial charge is 0.383 e. The van der Waals surface area contributed by atoms with Crippen molar-refractivity contribution in [1.29, 1.82) is 5.41 Å². The van der Waals surface area contributed by atoms with Crippen LogP contribution in [0.1, 0.15) is 16.0 Å². The number of nitrogens with two attached hydrogens (primary N) is 1. The molecule has 7 nitrogen and oxygen atoms in total. The molecule has 3 rings (SSSR count). The number of rotatable bonds is 7. The van der Waals surface area contributed by atoms with Gasteiger partial charge >= 0.3 is 0 Å². The second-order valence-corrected chi connectivity index (χ2v) is 12.7. The highest BCUT2D eigenvalue weighted by molar-refractivity contribution is 8.10. The van der Waals surface area contributed by atoms with Crippen molar-refractivity contribution in [2.24, 2.45) is 5.73 Å². The van der Waals surface area contributed by atoms with Crippen molar-refractivity contribution in [3.05, 3.63) is 70.6 Å². The SMILES string of the molecule is CSc1sc(C(=N)N)cc1N(S(=O)(=O)c1cccc(C)c1)S(=O)(=O)c1cccc(C)c1. The lowest BCUT2D eigenvalue weighted by atomic mass is 10.2. The average molecular weight is 496 g/mol. The standard InChI is InChI=1S/C20H21N3O4S4/c1-13-6-4-8-15(10-13)30(24,25)23(17-12-18(19(21)22)29-20(17)28-3)31(26,27)16-9-5-7-14(2)11-16/h4-12H,1-3H3,(H3,21,22). The molecule has 0 aliphatic carbocycles. The number of aryl methyl sites for hydroxylation is 2. The first-order chi connectivity index (χ1) is 14.5. The number of sulfonamides is 2. The minimum absolute atomic E-state index is 0.0503. The first kappa shape index (κ1) is 23.3. The van der Waals surface area contributed by atoms with E-state index in [1.165, 1.54) is 42.1 Å². The minimum atomic E-state index is -4.51. The molecular weight excluding hydrogens is 475 g/mol. The van der Waals surface area contributed by atoms with E-state index in [0.717, 1.165) is 11.3 Å². The van der Waals surface area contributed by atoms with E-state index in [0.29, 0.717) is 19.0 Å². The molecule has 0 saturated carbocycles. The van der Waals surface area contributed by atoms with Gasteiger partial charge in [0.2, 0.25) is 0 Å². The molecule has 0 atom stereocenters. The molecule has 0 amide bonds. The van der Waals surface area contributed by atoms with Crippen molar-refractivity contribution >= 4 is 54.7 Å². The van der Waals surface area contributed by atoms with Crippen LogP contribution in [0.4, 0.5) is 5.69 Å². The molecule has 0 spiro atoms. The second-order valence-electron chi connectivity index (χ2n) is 6.74. The van der Waals surface area contributed by atoms with Crippen LogP contribution in [0.2, 0.25) is 0 Å². The van der Waals surface area contributed by atoms with Crippen LogP contribution in [0.3, 0.4) is 0 Å². The molecule has 0 bridgehead atoms. The highest BCUT2D eigenvalue weighted by atomic mass is 32.3. The number of thioether (sulfide) groups is 1. The number of anilines is 1. The molecule has 164 valence electrons. The van der Waals surface area contributed by atoms with Crippen LogP contribution in [0.25, 0.3) is 0 Å². The van der Waals surface area contributed by atoms with E-state index >= 15 is 0 Å². The van der Waals surface area contributed by atoms with E-state index in [2.05, 4.69) is 0 Å². The molecule has 0 aliphatic rings. The quantitative estimate of drug-likeness (QED) is 0.291. The Balaban J connectivity index is 2.36. The lowest BCUT2D eigenvalue weighted by Gasteiger charge is -2.24. The Kier molecular flexibility index (Phi) is 6.51. The van der Waals surface area contributed by atoms with Gasteiger partial charge in [0, 0.05) is 0 Å². The van der Waals surface area contributed by atoms with Crippen LogP contribution in [-0.2, 0) is 20.0 Å². The van der Waals surface area contributed by atoms with Gasteiger partial charge in [-0.05, 0) is 61.6 Å². The van der Waals surface area contributed by atoms with E-state index in [1.54, 1.807) is 44.4 Å². The Morgan fingerprint density at radius 3 is 1.81 bits per heavy atom. The van der Waals surface area contributed by atoms with Gasteiger partial charge in [-0.25, -0.2) is 16.8 Å². The number of nitrogen functional groups attached to an aromatic ring is 1. The fourth-order valence-corrected chi connectivity index (χ4v) is 8.74. The highest BCUT2D eigenvalue weighted by Crippen LogP contribution is 2.42. The van der Waals surface area contributed by atoms with Crippen molar-refractivity contribution in [3.63, 3.8) is 0 Å². The monoisotopic (exact) mass is 495 g/mol. The smallest absolute Gasteiger partial charge is 0.277 e. The normalized spacial score (nSPS) is 12.0. The Hall–Kier alpha value is -2.34. The van der Waals surface area contributed by atoms with Gasteiger partial charge in [0.1, 0.15) is 5.84 Å². The van der Waals surface area contributed by atoms with E-state index in [4.69, 9.17) is 11.1 Å². The summed E-state index contributed by atoms with van der Waals surface area (Å²) in [6.07, 6.45) is 1.70. The topological polar surface area (TPSA) is 121 Å². The van der Waals surface area contributed by atoms with Gasteiger partial charge in [-0.15, -0.1) is 23.1 Å². The van der Waals surface area contributed by atoms with Crippen molar-refractivity contribution in [2.45, 2.75) is 27.8 Å². The molecule has 1 aromatic heterocycles. The molecular formula is C20H21N3O4S4. The van der Waals surface area contributed by atoms with Gasteiger partial charge in [0.15, 0.2) is 0 Å². The summed E-state index contributed by atoms with van der Waals surface area (Å²) >= 11 is 2.25. The maximum atomic E-state index is 13.7. The predicted octanol–water partition coefficient (Wildman–Crippen LogP) is 3.96. The molecule has 0 fully saturated rings. The summed E-state index contributed by atoms with van der Waals surface area (Å²) < 4.78 is 55.6. The number of hydrogen-bond acceptors (Lipinski definition) is 7. The zero-order valence-corrected chi connectivity index (χ0v) is 20.3. The molecule has 31 heavy (non-hydrogen) atoms. The molecule has 0 unspecified atom stereocenters. The number of amidine groups is 1. The van der Waals surface area contributed by atoms with E-state index in [9.17, 15) is 16.8 Å².